The molecule has 2 rings (SSSR count). The van der Waals surface area contributed by atoms with Crippen molar-refractivity contribution in [3.63, 3.8) is 0 Å². The molecule has 0 bridgehead atoms. The number of aromatic nitrogens is 2. The van der Waals surface area contributed by atoms with E-state index in [-0.39, 0.29) is 11.5 Å². The van der Waals surface area contributed by atoms with Crippen LogP contribution in [0.1, 0.15) is 12.2 Å². The summed E-state index contributed by atoms with van der Waals surface area (Å²) in [5.41, 5.74) is 7.75. The van der Waals surface area contributed by atoms with Crippen LogP contribution in [0.15, 0.2) is 18.2 Å². The average molecular weight is 283 g/mol. The van der Waals surface area contributed by atoms with Gasteiger partial charge in [-0.3, -0.25) is 0 Å². The zero-order valence-corrected chi connectivity index (χ0v) is 11.5. The Balaban J connectivity index is 2.12. The van der Waals surface area contributed by atoms with Gasteiger partial charge in [0.25, 0.3) is 0 Å². The topological polar surface area (TPSA) is 98.1 Å². The average Bonchev–Trinajstić information content (AvgIpc) is 2.69. The van der Waals surface area contributed by atoms with E-state index in [9.17, 15) is 8.42 Å². The number of H-pyrrole nitrogens is 1. The fourth-order valence-corrected chi connectivity index (χ4v) is 3.11. The molecule has 3 N–H and O–H groups in total. The van der Waals surface area contributed by atoms with E-state index < -0.39 is 9.84 Å². The van der Waals surface area contributed by atoms with Gasteiger partial charge in [-0.05, 0) is 24.6 Å². The van der Waals surface area contributed by atoms with Gasteiger partial charge < -0.3 is 15.5 Å². The van der Waals surface area contributed by atoms with Crippen LogP contribution in [-0.4, -0.2) is 37.9 Å². The summed E-state index contributed by atoms with van der Waals surface area (Å²) in [4.78, 5) is 7.23. The standard InChI is InChI=1S/C12H17N3O3S/c1-18-5-2-6-19(16,17)8-12-14-10-4-3-9(13)7-11(10)15-12/h3-4,7H,2,5-6,8,13H2,1H3,(H,14,15). The molecule has 0 aliphatic rings. The lowest BCUT2D eigenvalue weighted by atomic mass is 10.3. The molecule has 0 saturated carbocycles. The number of nitrogens with zero attached hydrogens (tertiary/aromatic N) is 1. The molecule has 1 heterocycles. The number of nitrogen functional groups attached to an aromatic ring is 1. The summed E-state index contributed by atoms with van der Waals surface area (Å²) >= 11 is 0. The summed E-state index contributed by atoms with van der Waals surface area (Å²) in [5.74, 6) is 0.448. The molecule has 0 fully saturated rings. The molecule has 0 spiro atoms. The van der Waals surface area contributed by atoms with Crippen LogP contribution >= 0.6 is 0 Å². The van der Waals surface area contributed by atoms with Gasteiger partial charge in [-0.25, -0.2) is 13.4 Å². The number of benzene rings is 1. The van der Waals surface area contributed by atoms with Crippen LogP contribution in [0.25, 0.3) is 11.0 Å². The number of rotatable bonds is 6. The molecule has 19 heavy (non-hydrogen) atoms. The van der Waals surface area contributed by atoms with E-state index in [1.807, 2.05) is 0 Å². The molecule has 2 aromatic rings. The normalized spacial score (nSPS) is 12.1. The number of aromatic amines is 1. The molecule has 0 unspecified atom stereocenters. The number of hydrogen-bond acceptors (Lipinski definition) is 5. The zero-order chi connectivity index (χ0) is 13.9. The lowest BCUT2D eigenvalue weighted by Crippen LogP contribution is -2.12. The predicted molar refractivity (Wildman–Crippen MR) is 74.5 cm³/mol. The minimum atomic E-state index is -3.17. The number of fused-ring (bicyclic) bond motifs is 1. The molecular formula is C12H17N3O3S. The smallest absolute Gasteiger partial charge is 0.157 e. The largest absolute Gasteiger partial charge is 0.399 e. The van der Waals surface area contributed by atoms with Crippen molar-refractivity contribution >= 4 is 26.6 Å². The van der Waals surface area contributed by atoms with Crippen LogP contribution in [0.5, 0.6) is 0 Å². The molecule has 0 saturated heterocycles. The van der Waals surface area contributed by atoms with Crippen molar-refractivity contribution in [1.82, 2.24) is 9.97 Å². The molecule has 0 radical (unpaired) electrons. The van der Waals surface area contributed by atoms with Crippen molar-refractivity contribution in [2.75, 3.05) is 25.2 Å². The van der Waals surface area contributed by atoms with Gasteiger partial charge in [0, 0.05) is 19.4 Å². The third-order valence-corrected chi connectivity index (χ3v) is 4.34. The Morgan fingerprint density at radius 1 is 1.42 bits per heavy atom. The van der Waals surface area contributed by atoms with Gasteiger partial charge in [0.15, 0.2) is 9.84 Å². The first-order valence-corrected chi connectivity index (χ1v) is 7.76. The maximum absolute atomic E-state index is 11.9. The Kier molecular flexibility index (Phi) is 4.06. The molecule has 1 aromatic heterocycles. The Morgan fingerprint density at radius 2 is 2.21 bits per heavy atom. The highest BCUT2D eigenvalue weighted by molar-refractivity contribution is 7.90. The Hall–Kier alpha value is -1.60. The predicted octanol–water partition coefficient (Wildman–Crippen LogP) is 1.10. The third-order valence-electron chi connectivity index (χ3n) is 2.72. The van der Waals surface area contributed by atoms with Gasteiger partial charge in [-0.15, -0.1) is 0 Å². The minimum absolute atomic E-state index is 0.0920. The number of nitrogens with two attached hydrogens (primary N) is 1. The zero-order valence-electron chi connectivity index (χ0n) is 10.7. The number of anilines is 1. The maximum Gasteiger partial charge on any atom is 0.157 e. The van der Waals surface area contributed by atoms with Crippen LogP contribution in [0.3, 0.4) is 0 Å². The molecule has 0 aliphatic carbocycles. The molecular weight excluding hydrogens is 266 g/mol. The van der Waals surface area contributed by atoms with Gasteiger partial charge in [0.1, 0.15) is 11.6 Å². The number of methoxy groups -OCH3 is 1. The van der Waals surface area contributed by atoms with Crippen molar-refractivity contribution in [1.29, 1.82) is 0 Å². The lowest BCUT2D eigenvalue weighted by molar-refractivity contribution is 0.199. The van der Waals surface area contributed by atoms with E-state index in [1.54, 1.807) is 25.3 Å². The van der Waals surface area contributed by atoms with Crippen LogP contribution in [0, 0.1) is 0 Å². The maximum atomic E-state index is 11.9. The summed E-state index contributed by atoms with van der Waals surface area (Å²) < 4.78 is 28.6. The number of nitrogens with one attached hydrogen (secondary N) is 1. The summed E-state index contributed by atoms with van der Waals surface area (Å²) in [5, 5.41) is 0. The minimum Gasteiger partial charge on any atom is -0.399 e. The van der Waals surface area contributed by atoms with Gasteiger partial charge in [-0.2, -0.15) is 0 Å². The first-order valence-electron chi connectivity index (χ1n) is 5.94. The highest BCUT2D eigenvalue weighted by Crippen LogP contribution is 2.16. The van der Waals surface area contributed by atoms with Crippen molar-refractivity contribution in [3.8, 4) is 0 Å². The molecule has 0 atom stereocenters. The van der Waals surface area contributed by atoms with Gasteiger partial charge in [0.05, 0.1) is 16.8 Å². The SMILES string of the molecule is COCCCS(=O)(=O)Cc1nc2ccc(N)cc2[nH]1. The van der Waals surface area contributed by atoms with E-state index in [0.717, 1.165) is 11.0 Å². The molecule has 6 nitrogen and oxygen atoms in total. The second-order valence-corrected chi connectivity index (χ2v) is 6.58. The summed E-state index contributed by atoms with van der Waals surface area (Å²) in [6.07, 6.45) is 0.492. The molecule has 7 heteroatoms. The molecule has 0 aliphatic heterocycles. The second kappa shape index (κ2) is 5.58. The van der Waals surface area contributed by atoms with E-state index >= 15 is 0 Å². The fourth-order valence-electron chi connectivity index (χ4n) is 1.85. The summed E-state index contributed by atoms with van der Waals surface area (Å²) in [6.45, 7) is 0.440. The molecule has 0 amide bonds. The fraction of sp³-hybridized carbons (Fsp3) is 0.417. The Labute approximate surface area is 111 Å². The number of hydrogen-bond donors (Lipinski definition) is 2. The molecule has 104 valence electrons. The quantitative estimate of drug-likeness (QED) is 0.611. The second-order valence-electron chi connectivity index (χ2n) is 4.40. The number of imidazole rings is 1. The molecule has 1 aromatic carbocycles. The van der Waals surface area contributed by atoms with E-state index in [2.05, 4.69) is 9.97 Å². The monoisotopic (exact) mass is 283 g/mol. The van der Waals surface area contributed by atoms with Crippen LogP contribution < -0.4 is 5.73 Å². The van der Waals surface area contributed by atoms with Crippen LogP contribution in [0.4, 0.5) is 5.69 Å². The van der Waals surface area contributed by atoms with Crippen molar-refractivity contribution in [2.45, 2.75) is 12.2 Å². The van der Waals surface area contributed by atoms with E-state index in [1.165, 1.54) is 0 Å². The Bertz CT molecular complexity index is 664. The van der Waals surface area contributed by atoms with Gasteiger partial charge >= 0.3 is 0 Å². The lowest BCUT2D eigenvalue weighted by Gasteiger charge is -2.01. The number of sulfone groups is 1. The third kappa shape index (κ3) is 3.68. The van der Waals surface area contributed by atoms with Crippen molar-refractivity contribution in [2.24, 2.45) is 0 Å². The van der Waals surface area contributed by atoms with E-state index in [0.29, 0.717) is 24.5 Å². The van der Waals surface area contributed by atoms with Gasteiger partial charge in [-0.1, -0.05) is 0 Å². The van der Waals surface area contributed by atoms with Crippen LogP contribution in [-0.2, 0) is 20.3 Å². The van der Waals surface area contributed by atoms with Crippen LogP contribution in [0.2, 0.25) is 0 Å². The van der Waals surface area contributed by atoms with Gasteiger partial charge in [0.2, 0.25) is 0 Å². The first-order chi connectivity index (χ1) is 9.00. The first kappa shape index (κ1) is 13.8. The Morgan fingerprint density at radius 3 is 2.95 bits per heavy atom. The van der Waals surface area contributed by atoms with Crippen molar-refractivity contribution < 1.29 is 13.2 Å². The van der Waals surface area contributed by atoms with Crippen molar-refractivity contribution in [3.05, 3.63) is 24.0 Å². The van der Waals surface area contributed by atoms with E-state index in [4.69, 9.17) is 10.5 Å². The highest BCUT2D eigenvalue weighted by Gasteiger charge is 2.14. The highest BCUT2D eigenvalue weighted by atomic mass is 32.2. The summed E-state index contributed by atoms with van der Waals surface area (Å²) in [7, 11) is -1.62. The number of ether oxygens (including phenoxy) is 1. The summed E-state index contributed by atoms with van der Waals surface area (Å²) in [6, 6.07) is 5.24.